The Morgan fingerprint density at radius 2 is 1.82 bits per heavy atom. The van der Waals surface area contributed by atoms with E-state index in [1.54, 1.807) is 0 Å². The molecule has 4 aliphatic rings. The van der Waals surface area contributed by atoms with E-state index in [4.69, 9.17) is 36.5 Å². The van der Waals surface area contributed by atoms with Gasteiger partial charge in [0.05, 0.1) is 13.2 Å². The minimum absolute atomic E-state index is 0. The molecule has 1 saturated heterocycles. The van der Waals surface area contributed by atoms with E-state index in [1.807, 2.05) is 52.0 Å². The van der Waals surface area contributed by atoms with Crippen LogP contribution in [0.3, 0.4) is 0 Å². The van der Waals surface area contributed by atoms with Crippen LogP contribution >= 0.6 is 0 Å². The van der Waals surface area contributed by atoms with E-state index in [2.05, 4.69) is 26.7 Å². The summed E-state index contributed by atoms with van der Waals surface area (Å²) in [4.78, 5) is 36.9. The average molecular weight is 771 g/mol. The van der Waals surface area contributed by atoms with Gasteiger partial charge in [0.15, 0.2) is 0 Å². The molecule has 0 amide bonds. The molecule has 10 nitrogen and oxygen atoms in total. The Labute approximate surface area is 347 Å². The Morgan fingerprint density at radius 3 is 2.50 bits per heavy atom. The molecule has 1 fully saturated rings. The second-order valence-electron chi connectivity index (χ2n) is 15.7. The van der Waals surface area contributed by atoms with Gasteiger partial charge in [0, 0.05) is 18.9 Å². The summed E-state index contributed by atoms with van der Waals surface area (Å²) in [5.41, 5.74) is 10.0. The predicted octanol–water partition coefficient (Wildman–Crippen LogP) is 5.44. The number of fused-ring (bicyclic) bond motifs is 8. The molecule has 56 heavy (non-hydrogen) atoms. The van der Waals surface area contributed by atoms with Gasteiger partial charge in [-0.15, -0.1) is 39.9 Å². The maximum Gasteiger partial charge on any atom is 2.00 e. The number of esters is 2. The van der Waals surface area contributed by atoms with E-state index in [-0.39, 0.29) is 72.3 Å². The van der Waals surface area contributed by atoms with E-state index >= 15 is 0 Å². The van der Waals surface area contributed by atoms with Gasteiger partial charge in [0.1, 0.15) is 12.5 Å². The van der Waals surface area contributed by atoms with Crippen LogP contribution in [0.15, 0.2) is 40.4 Å². The van der Waals surface area contributed by atoms with Crippen LogP contribution in [0.4, 0.5) is 0 Å². The van der Waals surface area contributed by atoms with Crippen LogP contribution in [-0.4, -0.2) is 71.6 Å². The van der Waals surface area contributed by atoms with Crippen molar-refractivity contribution < 1.29 is 29.3 Å². The third kappa shape index (κ3) is 8.22. The Kier molecular flexibility index (Phi) is 14.0. The molecule has 7 atom stereocenters. The van der Waals surface area contributed by atoms with Crippen molar-refractivity contribution in [2.45, 2.75) is 99.1 Å². The van der Waals surface area contributed by atoms with Crippen molar-refractivity contribution in [1.29, 1.82) is 0 Å². The Bertz CT molecular complexity index is 2140. The second kappa shape index (κ2) is 18.1. The third-order valence-electron chi connectivity index (χ3n) is 12.1. The summed E-state index contributed by atoms with van der Waals surface area (Å²) >= 11 is 0. The third-order valence-corrected chi connectivity index (χ3v) is 12.1. The number of aromatic nitrogens is 2. The molecule has 5 heterocycles. The van der Waals surface area contributed by atoms with Gasteiger partial charge in [0.2, 0.25) is 0 Å². The second-order valence-corrected chi connectivity index (χ2v) is 15.7. The van der Waals surface area contributed by atoms with Crippen molar-refractivity contribution >= 4 is 52.7 Å². The van der Waals surface area contributed by atoms with Crippen molar-refractivity contribution in [2.24, 2.45) is 29.6 Å². The summed E-state index contributed by atoms with van der Waals surface area (Å²) < 4.78 is 11.0. The van der Waals surface area contributed by atoms with Gasteiger partial charge in [-0.25, -0.2) is 0 Å². The predicted molar refractivity (Wildman–Crippen MR) is 219 cm³/mol. The summed E-state index contributed by atoms with van der Waals surface area (Å²) in [6.07, 6.45) is 16.9. The molecule has 2 aromatic heterocycles. The van der Waals surface area contributed by atoms with Crippen molar-refractivity contribution in [1.82, 2.24) is 9.97 Å². The van der Waals surface area contributed by atoms with Crippen molar-refractivity contribution in [3.8, 4) is 12.3 Å². The van der Waals surface area contributed by atoms with Crippen LogP contribution in [-0.2, 0) is 25.5 Å². The van der Waals surface area contributed by atoms with Crippen LogP contribution in [0.2, 0.25) is 0 Å². The van der Waals surface area contributed by atoms with Crippen LogP contribution in [0.5, 0.6) is 0 Å². The molecule has 1 aliphatic carbocycles. The van der Waals surface area contributed by atoms with Gasteiger partial charge < -0.3 is 40.3 Å². The molecular formula is C45H54MgN4O6-2. The smallest absolute Gasteiger partial charge is 0.681 e. The maximum atomic E-state index is 13.5. The normalized spacial score (nSPS) is 26.8. The summed E-state index contributed by atoms with van der Waals surface area (Å²) in [5, 5.41) is 32.8. The molecule has 6 rings (SSSR count). The molecule has 2 N–H and O–H groups in total. The molecule has 0 spiro atoms. The summed E-state index contributed by atoms with van der Waals surface area (Å²) in [5.74, 6) is 0.611. The number of methoxy groups -OCH3 is 1. The molecule has 2 aromatic rings. The van der Waals surface area contributed by atoms with Gasteiger partial charge >= 0.3 is 35.0 Å². The summed E-state index contributed by atoms with van der Waals surface area (Å²) in [6.45, 7) is 14.6. The quantitative estimate of drug-likeness (QED) is 0.126. The van der Waals surface area contributed by atoms with Gasteiger partial charge in [-0.2, -0.15) is 5.70 Å². The Hall–Kier alpha value is -3.95. The fourth-order valence-corrected chi connectivity index (χ4v) is 8.67. The molecule has 0 aromatic carbocycles. The number of ether oxygens (including phenoxy) is 2. The number of hydrogen-bond acceptors (Lipinski definition) is 6. The number of nitrogens with zero attached hydrogens (tertiary/aromatic N) is 4. The molecule has 0 saturated carbocycles. The zero-order valence-electron chi connectivity index (χ0n) is 34.1. The Morgan fingerprint density at radius 1 is 1.07 bits per heavy atom. The van der Waals surface area contributed by atoms with Crippen LogP contribution in [0, 0.1) is 55.8 Å². The van der Waals surface area contributed by atoms with Gasteiger partial charge in [0.25, 0.3) is 0 Å². The average Bonchev–Trinajstić information content (AvgIpc) is 3.90. The fourth-order valence-electron chi connectivity index (χ4n) is 8.67. The zero-order chi connectivity index (χ0) is 39.7. The Balaban J connectivity index is 0.00000600. The number of carbonyl (C=O) groups excluding carboxylic acids is 2. The first-order chi connectivity index (χ1) is 26.3. The zero-order valence-corrected chi connectivity index (χ0v) is 35.5. The van der Waals surface area contributed by atoms with Gasteiger partial charge in [-0.1, -0.05) is 84.4 Å². The summed E-state index contributed by atoms with van der Waals surface area (Å²) in [7, 11) is 1.32. The topological polar surface area (TPSA) is 149 Å². The number of aliphatic hydroxyl groups excluding tert-OH is 2. The molecule has 294 valence electrons. The number of aliphatic hydroxyl groups is 2. The first-order valence-corrected chi connectivity index (χ1v) is 19.6. The first-order valence-electron chi connectivity index (χ1n) is 19.6. The largest absolute Gasteiger partial charge is 2.00 e. The molecular weight excluding hydrogens is 717 g/mol. The first kappa shape index (κ1) is 43.2. The standard InChI is InChI=1S/C45H54N4O6.Mg/c1-10-29-25(5)32-19-34-27(7)31(15-16-38(51)55-18-17-23(3)13-12-14-24(4)22-50)42(48-34)40-41(45(53)54-9)44(52)39-28(8)35(49-43(39)40)21-37-30(11-2)26(6)33(47-37)20-36(29)46-32;/h1,17,19-21,24,27,29,31,41-42,44,50,52H,11-16,18,22H2,2-9H3;/q-4;+2/b23-17-,34-19-,35-21-,36-20-;/t24-,27-,29-,31-,41+,42?,44+;/m0./s1. The molecule has 0 radical (unpaired) electrons. The molecule has 11 heteroatoms. The van der Waals surface area contributed by atoms with Crippen molar-refractivity contribution in [3.05, 3.63) is 95.4 Å². The SMILES string of the molecule is C#C[C@H]1C(C)=C2/C=C3\[N-]C(C4=c5[n-]/c(c(C)c5[C@@H](O)[C@@H]4C(=O)OC)=C\c4[n-]c(c(C)c4CC)/C=C/1[N-]2)[C@@H](CCC(=O)OC/C=C(/C)CCC[C@H](C)CO)[C@@H]3C.[Mg+2]. The van der Waals surface area contributed by atoms with E-state index in [9.17, 15) is 19.8 Å². The maximum absolute atomic E-state index is 13.5. The van der Waals surface area contributed by atoms with Crippen LogP contribution in [0.25, 0.3) is 28.4 Å². The van der Waals surface area contributed by atoms with Gasteiger partial charge in [-0.3, -0.25) is 9.59 Å². The van der Waals surface area contributed by atoms with Gasteiger partial charge in [-0.05, 0) is 89.2 Å². The number of hydrogen-bond donors (Lipinski definition) is 2. The monoisotopic (exact) mass is 770 g/mol. The van der Waals surface area contributed by atoms with Crippen LogP contribution < -0.4 is 20.7 Å². The molecule has 3 aliphatic heterocycles. The molecule has 8 bridgehead atoms. The van der Waals surface area contributed by atoms with E-state index in [1.165, 1.54) is 7.11 Å². The molecule has 1 unspecified atom stereocenters. The number of rotatable bonds is 12. The minimum Gasteiger partial charge on any atom is -0.681 e. The van der Waals surface area contributed by atoms with E-state index in [0.29, 0.717) is 28.3 Å². The van der Waals surface area contributed by atoms with Crippen molar-refractivity contribution in [2.75, 3.05) is 20.3 Å². The number of carbonyl (C=O) groups is 2. The minimum atomic E-state index is -1.18. The number of terminal acetylenes is 1. The van der Waals surface area contributed by atoms with E-state index < -0.39 is 24.0 Å². The van der Waals surface area contributed by atoms with Crippen molar-refractivity contribution in [3.63, 3.8) is 0 Å². The van der Waals surface area contributed by atoms with E-state index in [0.717, 1.165) is 82.0 Å². The van der Waals surface area contributed by atoms with Crippen LogP contribution in [0.1, 0.15) is 106 Å². The fraction of sp³-hybridized carbons (Fsp3) is 0.511. The number of allylic oxidation sites excluding steroid dienone is 4. The summed E-state index contributed by atoms with van der Waals surface area (Å²) in [6, 6.07) is -0.578.